The molecular weight excluding hydrogens is 633 g/mol. The van der Waals surface area contributed by atoms with Gasteiger partial charge in [-0.05, 0) is 66.1 Å². The monoisotopic (exact) mass is 665 g/mol. The molecule has 0 aliphatic carbocycles. The van der Waals surface area contributed by atoms with Gasteiger partial charge in [-0.15, -0.1) is 0 Å². The normalized spacial score (nSPS) is 11.9. The zero-order valence-corrected chi connectivity index (χ0v) is 26.1. The molecule has 0 spiro atoms. The van der Waals surface area contributed by atoms with Crippen LogP contribution in [0.4, 0.5) is 10.1 Å². The van der Waals surface area contributed by atoms with Gasteiger partial charge in [0, 0.05) is 24.0 Å². The van der Waals surface area contributed by atoms with E-state index in [2.05, 4.69) is 21.2 Å². The lowest BCUT2D eigenvalue weighted by molar-refractivity contribution is -0.140. The van der Waals surface area contributed by atoms with E-state index in [-0.39, 0.29) is 29.5 Å². The smallest absolute Gasteiger partial charge is 0.264 e. The summed E-state index contributed by atoms with van der Waals surface area (Å²) in [6.07, 6.45) is 0.938. The molecule has 0 saturated carbocycles. The standard InChI is InChI=1S/C33H33BrFN3O4S/c1-2-20-36-33(40)31(22-25-10-5-3-6-11-25)37(23-26-12-9-13-27(34)21-26)32(39)24-38(29-14-7-4-8-15-29)43(41,42)30-18-16-28(35)17-19-30/h3-19,21,31H,2,20,22-24H2,1H3,(H,36,40)/t31-/m1/s1. The molecule has 0 heterocycles. The van der Waals surface area contributed by atoms with Gasteiger partial charge in [-0.25, -0.2) is 12.8 Å². The van der Waals surface area contributed by atoms with Crippen LogP contribution < -0.4 is 9.62 Å². The first-order chi connectivity index (χ1) is 20.7. The molecular formula is C33H33BrFN3O4S. The summed E-state index contributed by atoms with van der Waals surface area (Å²) in [7, 11) is -4.29. The van der Waals surface area contributed by atoms with Gasteiger partial charge in [0.15, 0.2) is 0 Å². The van der Waals surface area contributed by atoms with E-state index in [4.69, 9.17) is 0 Å². The Hall–Kier alpha value is -4.02. The number of anilines is 1. The summed E-state index contributed by atoms with van der Waals surface area (Å²) in [5.41, 5.74) is 1.87. The van der Waals surface area contributed by atoms with Crippen molar-refractivity contribution in [2.45, 2.75) is 37.2 Å². The second-order valence-electron chi connectivity index (χ2n) is 9.95. The second-order valence-corrected chi connectivity index (χ2v) is 12.7. The van der Waals surface area contributed by atoms with Crippen molar-refractivity contribution in [1.29, 1.82) is 0 Å². The van der Waals surface area contributed by atoms with Crippen LogP contribution in [-0.2, 0) is 32.6 Å². The lowest BCUT2D eigenvalue weighted by atomic mass is 10.0. The summed E-state index contributed by atoms with van der Waals surface area (Å²) in [6, 6.07) is 28.5. The molecule has 43 heavy (non-hydrogen) atoms. The average molecular weight is 667 g/mol. The van der Waals surface area contributed by atoms with Crippen LogP contribution >= 0.6 is 15.9 Å². The van der Waals surface area contributed by atoms with Crippen molar-refractivity contribution in [1.82, 2.24) is 10.2 Å². The van der Waals surface area contributed by atoms with Gasteiger partial charge >= 0.3 is 0 Å². The Kier molecular flexibility index (Phi) is 11.1. The maximum atomic E-state index is 14.3. The highest BCUT2D eigenvalue weighted by Crippen LogP contribution is 2.25. The van der Waals surface area contributed by atoms with Crippen molar-refractivity contribution < 1.29 is 22.4 Å². The molecule has 4 aromatic carbocycles. The topological polar surface area (TPSA) is 86.8 Å². The Bertz CT molecular complexity index is 1620. The molecule has 0 aliphatic heterocycles. The fraction of sp³-hybridized carbons (Fsp3) is 0.212. The number of nitrogens with one attached hydrogen (secondary N) is 1. The summed E-state index contributed by atoms with van der Waals surface area (Å²) in [4.78, 5) is 29.2. The number of carbonyl (C=O) groups excluding carboxylic acids is 2. The average Bonchev–Trinajstić information content (AvgIpc) is 3.01. The van der Waals surface area contributed by atoms with Gasteiger partial charge in [-0.2, -0.15) is 0 Å². The highest BCUT2D eigenvalue weighted by Gasteiger charge is 2.34. The molecule has 1 atom stereocenters. The highest BCUT2D eigenvalue weighted by atomic mass is 79.9. The first-order valence-electron chi connectivity index (χ1n) is 13.9. The van der Waals surface area contributed by atoms with Crippen molar-refractivity contribution in [3.8, 4) is 0 Å². The number of halogens is 2. The van der Waals surface area contributed by atoms with E-state index in [1.807, 2.05) is 61.5 Å². The van der Waals surface area contributed by atoms with Gasteiger partial charge in [0.2, 0.25) is 11.8 Å². The number of rotatable bonds is 13. The first-order valence-corrected chi connectivity index (χ1v) is 16.1. The maximum absolute atomic E-state index is 14.3. The number of amides is 2. The molecule has 0 fully saturated rings. The van der Waals surface area contributed by atoms with Crippen LogP contribution in [0.3, 0.4) is 0 Å². The number of nitrogens with zero attached hydrogens (tertiary/aromatic N) is 2. The van der Waals surface area contributed by atoms with E-state index in [0.29, 0.717) is 13.0 Å². The van der Waals surface area contributed by atoms with E-state index in [1.165, 1.54) is 17.0 Å². The summed E-state index contributed by atoms with van der Waals surface area (Å²) in [6.45, 7) is 1.85. The molecule has 10 heteroatoms. The van der Waals surface area contributed by atoms with Gasteiger partial charge in [0.1, 0.15) is 18.4 Å². The summed E-state index contributed by atoms with van der Waals surface area (Å²) >= 11 is 3.47. The predicted molar refractivity (Wildman–Crippen MR) is 169 cm³/mol. The third kappa shape index (κ3) is 8.52. The van der Waals surface area contributed by atoms with E-state index in [0.717, 1.165) is 32.0 Å². The molecule has 0 saturated heterocycles. The second kappa shape index (κ2) is 14.9. The molecule has 0 aliphatic rings. The summed E-state index contributed by atoms with van der Waals surface area (Å²) < 4.78 is 43.3. The van der Waals surface area contributed by atoms with Gasteiger partial charge in [-0.1, -0.05) is 83.5 Å². The van der Waals surface area contributed by atoms with Crippen molar-refractivity contribution in [3.05, 3.63) is 131 Å². The lowest BCUT2D eigenvalue weighted by Gasteiger charge is -2.34. The predicted octanol–water partition coefficient (Wildman–Crippen LogP) is 5.95. The van der Waals surface area contributed by atoms with E-state index < -0.39 is 34.3 Å². The molecule has 224 valence electrons. The molecule has 4 rings (SSSR count). The van der Waals surface area contributed by atoms with Crippen LogP contribution in [0.25, 0.3) is 0 Å². The van der Waals surface area contributed by atoms with Crippen molar-refractivity contribution in [2.75, 3.05) is 17.4 Å². The number of carbonyl (C=O) groups is 2. The third-order valence-electron chi connectivity index (χ3n) is 6.79. The Morgan fingerprint density at radius 2 is 1.49 bits per heavy atom. The molecule has 7 nitrogen and oxygen atoms in total. The van der Waals surface area contributed by atoms with Crippen molar-refractivity contribution in [3.63, 3.8) is 0 Å². The zero-order valence-electron chi connectivity index (χ0n) is 23.7. The number of hydrogen-bond donors (Lipinski definition) is 1. The fourth-order valence-electron chi connectivity index (χ4n) is 4.61. The largest absolute Gasteiger partial charge is 0.354 e. The quantitative estimate of drug-likeness (QED) is 0.191. The molecule has 4 aromatic rings. The fourth-order valence-corrected chi connectivity index (χ4v) is 6.47. The minimum absolute atomic E-state index is 0.0640. The number of para-hydroxylation sites is 1. The number of sulfonamides is 1. The minimum Gasteiger partial charge on any atom is -0.354 e. The summed E-state index contributed by atoms with van der Waals surface area (Å²) in [5.74, 6) is -1.48. The van der Waals surface area contributed by atoms with Crippen molar-refractivity contribution >= 4 is 43.5 Å². The number of benzene rings is 4. The molecule has 0 unspecified atom stereocenters. The zero-order chi connectivity index (χ0) is 30.8. The van der Waals surface area contributed by atoms with Gasteiger partial charge < -0.3 is 10.2 Å². The molecule has 0 aromatic heterocycles. The minimum atomic E-state index is -4.29. The van der Waals surface area contributed by atoms with Crippen LogP contribution in [-0.4, -0.2) is 44.3 Å². The van der Waals surface area contributed by atoms with Crippen molar-refractivity contribution in [2.24, 2.45) is 0 Å². The van der Waals surface area contributed by atoms with Crippen LogP contribution in [0, 0.1) is 5.82 Å². The van der Waals surface area contributed by atoms with Crippen LogP contribution in [0.2, 0.25) is 0 Å². The Balaban J connectivity index is 1.78. The summed E-state index contributed by atoms with van der Waals surface area (Å²) in [5, 5.41) is 2.92. The van der Waals surface area contributed by atoms with E-state index in [9.17, 15) is 22.4 Å². The number of hydrogen-bond acceptors (Lipinski definition) is 4. The van der Waals surface area contributed by atoms with Crippen LogP contribution in [0.5, 0.6) is 0 Å². The van der Waals surface area contributed by atoms with Gasteiger partial charge in [-0.3, -0.25) is 13.9 Å². The first kappa shape index (κ1) is 31.9. The molecule has 2 amide bonds. The molecule has 1 N–H and O–H groups in total. The SMILES string of the molecule is CCCNC(=O)[C@@H](Cc1ccccc1)N(Cc1cccc(Br)c1)C(=O)CN(c1ccccc1)S(=O)(=O)c1ccc(F)cc1. The molecule has 0 radical (unpaired) electrons. The van der Waals surface area contributed by atoms with Crippen LogP contribution in [0.15, 0.2) is 119 Å². The third-order valence-corrected chi connectivity index (χ3v) is 9.07. The Morgan fingerprint density at radius 1 is 0.860 bits per heavy atom. The van der Waals surface area contributed by atoms with E-state index >= 15 is 0 Å². The van der Waals surface area contributed by atoms with E-state index in [1.54, 1.807) is 30.3 Å². The Morgan fingerprint density at radius 3 is 2.12 bits per heavy atom. The van der Waals surface area contributed by atoms with Crippen LogP contribution in [0.1, 0.15) is 24.5 Å². The van der Waals surface area contributed by atoms with Gasteiger partial charge in [0.25, 0.3) is 10.0 Å². The highest BCUT2D eigenvalue weighted by molar-refractivity contribution is 9.10. The lowest BCUT2D eigenvalue weighted by Crippen LogP contribution is -2.53. The molecule has 0 bridgehead atoms. The Labute approximate surface area is 260 Å². The maximum Gasteiger partial charge on any atom is 0.264 e. The van der Waals surface area contributed by atoms with Gasteiger partial charge in [0.05, 0.1) is 10.6 Å².